The summed E-state index contributed by atoms with van der Waals surface area (Å²) in [4.78, 5) is 10.8. The second kappa shape index (κ2) is 10.5. The van der Waals surface area contributed by atoms with Gasteiger partial charge in [-0.05, 0) is 24.6 Å². The predicted octanol–water partition coefficient (Wildman–Crippen LogP) is 2.01. The molecule has 0 saturated carbocycles. The number of nitrogens with one attached hydrogen (secondary N) is 2. The molecule has 5 nitrogen and oxygen atoms in total. The van der Waals surface area contributed by atoms with Crippen molar-refractivity contribution in [2.45, 2.75) is 13.5 Å². The summed E-state index contributed by atoms with van der Waals surface area (Å²) in [5.41, 5.74) is 1.13. The molecule has 2 N–H and O–H groups in total. The minimum atomic E-state index is 0. The largest absolute Gasteiger partial charge is 0.363 e. The normalized spacial score (nSPS) is 10.4. The minimum absolute atomic E-state index is 0. The molecule has 0 aliphatic heterocycles. The van der Waals surface area contributed by atoms with Crippen molar-refractivity contribution in [1.82, 2.24) is 15.6 Å². The van der Waals surface area contributed by atoms with E-state index in [9.17, 15) is 0 Å². The zero-order valence-electron chi connectivity index (χ0n) is 12.4. The first-order valence-corrected chi connectivity index (χ1v) is 6.42. The molecular formula is C14H24IN5. The molecule has 0 saturated heterocycles. The number of pyridine rings is 1. The first-order chi connectivity index (χ1) is 9.17. The van der Waals surface area contributed by atoms with E-state index in [1.165, 1.54) is 0 Å². The molecule has 0 fully saturated rings. The van der Waals surface area contributed by atoms with E-state index in [0.29, 0.717) is 13.1 Å². The summed E-state index contributed by atoms with van der Waals surface area (Å²) in [6.07, 6.45) is 3.62. The van der Waals surface area contributed by atoms with E-state index in [2.05, 4.69) is 27.2 Å². The van der Waals surface area contributed by atoms with Crippen LogP contribution in [0.25, 0.3) is 0 Å². The van der Waals surface area contributed by atoms with Crippen LogP contribution in [-0.4, -0.2) is 38.1 Å². The molecule has 1 aromatic heterocycles. The average Bonchev–Trinajstić information content (AvgIpc) is 2.42. The maximum absolute atomic E-state index is 4.52. The van der Waals surface area contributed by atoms with Gasteiger partial charge in [-0.15, -0.1) is 30.6 Å². The molecule has 20 heavy (non-hydrogen) atoms. The number of aliphatic imine (C=N–C) groups is 1. The molecule has 0 spiro atoms. The lowest BCUT2D eigenvalue weighted by Gasteiger charge is -2.12. The quantitative estimate of drug-likeness (QED) is 0.338. The second-order valence-electron chi connectivity index (χ2n) is 4.28. The van der Waals surface area contributed by atoms with Crippen molar-refractivity contribution in [2.75, 3.05) is 32.1 Å². The molecule has 1 aromatic rings. The Balaban J connectivity index is 0.00000361. The van der Waals surface area contributed by atoms with Crippen molar-refractivity contribution in [1.29, 1.82) is 0 Å². The Bertz CT molecular complexity index is 431. The number of nitrogens with zero attached hydrogens (tertiary/aromatic N) is 3. The van der Waals surface area contributed by atoms with Crippen molar-refractivity contribution < 1.29 is 0 Å². The Kier molecular flexibility index (Phi) is 9.79. The highest BCUT2D eigenvalue weighted by Gasteiger charge is 2.00. The minimum Gasteiger partial charge on any atom is -0.363 e. The standard InChI is InChI=1S/C14H23N5.HI/c1-5-8-17-14(15-6-2)18-11-12-7-9-16-13(10-12)19(3)4;/h5,7,9-10H,1,6,8,11H2,2-4H3,(H2,15,17,18);1H. The topological polar surface area (TPSA) is 52.6 Å². The second-order valence-corrected chi connectivity index (χ2v) is 4.28. The summed E-state index contributed by atoms with van der Waals surface area (Å²) in [5, 5.41) is 6.36. The molecule has 0 unspecified atom stereocenters. The van der Waals surface area contributed by atoms with Gasteiger partial charge in [0.15, 0.2) is 5.96 Å². The highest BCUT2D eigenvalue weighted by atomic mass is 127. The van der Waals surface area contributed by atoms with Crippen LogP contribution >= 0.6 is 24.0 Å². The first-order valence-electron chi connectivity index (χ1n) is 6.42. The van der Waals surface area contributed by atoms with Gasteiger partial charge in [-0.2, -0.15) is 0 Å². The molecule has 0 radical (unpaired) electrons. The van der Waals surface area contributed by atoms with Crippen LogP contribution in [0.4, 0.5) is 5.82 Å². The lowest BCUT2D eigenvalue weighted by atomic mass is 10.2. The fourth-order valence-electron chi connectivity index (χ4n) is 1.48. The van der Waals surface area contributed by atoms with E-state index in [4.69, 9.17) is 0 Å². The van der Waals surface area contributed by atoms with E-state index in [0.717, 1.165) is 23.9 Å². The number of anilines is 1. The highest BCUT2D eigenvalue weighted by molar-refractivity contribution is 14.0. The van der Waals surface area contributed by atoms with Crippen LogP contribution in [0, 0.1) is 0 Å². The van der Waals surface area contributed by atoms with Crippen LogP contribution in [0.2, 0.25) is 0 Å². The van der Waals surface area contributed by atoms with Gasteiger partial charge in [-0.25, -0.2) is 9.98 Å². The van der Waals surface area contributed by atoms with Gasteiger partial charge in [0.2, 0.25) is 0 Å². The smallest absolute Gasteiger partial charge is 0.191 e. The molecule has 0 aliphatic rings. The third kappa shape index (κ3) is 6.74. The Morgan fingerprint density at radius 1 is 1.45 bits per heavy atom. The fraction of sp³-hybridized carbons (Fsp3) is 0.429. The first kappa shape index (κ1) is 18.7. The van der Waals surface area contributed by atoms with Crippen molar-refractivity contribution in [3.8, 4) is 0 Å². The molecular weight excluding hydrogens is 365 g/mol. The number of hydrogen-bond donors (Lipinski definition) is 2. The molecule has 0 aliphatic carbocycles. The summed E-state index contributed by atoms with van der Waals surface area (Å²) < 4.78 is 0. The lowest BCUT2D eigenvalue weighted by Crippen LogP contribution is -2.37. The van der Waals surface area contributed by atoms with Crippen molar-refractivity contribution in [2.24, 2.45) is 4.99 Å². The van der Waals surface area contributed by atoms with Crippen LogP contribution in [0.5, 0.6) is 0 Å². The number of rotatable bonds is 6. The van der Waals surface area contributed by atoms with Crippen LogP contribution in [0.15, 0.2) is 36.0 Å². The molecule has 0 aromatic carbocycles. The highest BCUT2D eigenvalue weighted by Crippen LogP contribution is 2.10. The summed E-state index contributed by atoms with van der Waals surface area (Å²) in [5.74, 6) is 1.74. The molecule has 112 valence electrons. The molecule has 1 heterocycles. The van der Waals surface area contributed by atoms with Crippen LogP contribution in [-0.2, 0) is 6.54 Å². The molecule has 0 bridgehead atoms. The number of halogens is 1. The Morgan fingerprint density at radius 3 is 2.80 bits per heavy atom. The SMILES string of the molecule is C=CCNC(=NCc1ccnc(N(C)C)c1)NCC.I. The summed E-state index contributed by atoms with van der Waals surface area (Å²) in [7, 11) is 3.95. The Morgan fingerprint density at radius 2 is 2.20 bits per heavy atom. The van der Waals surface area contributed by atoms with Crippen molar-refractivity contribution >= 4 is 35.8 Å². The van der Waals surface area contributed by atoms with Crippen LogP contribution < -0.4 is 15.5 Å². The fourth-order valence-corrected chi connectivity index (χ4v) is 1.48. The maximum atomic E-state index is 4.52. The molecule has 6 heteroatoms. The van der Waals surface area contributed by atoms with Gasteiger partial charge >= 0.3 is 0 Å². The van der Waals surface area contributed by atoms with Gasteiger partial charge < -0.3 is 15.5 Å². The third-order valence-electron chi connectivity index (χ3n) is 2.45. The third-order valence-corrected chi connectivity index (χ3v) is 2.45. The van der Waals surface area contributed by atoms with Crippen molar-refractivity contribution in [3.05, 3.63) is 36.5 Å². The average molecular weight is 389 g/mol. The molecule has 0 amide bonds. The maximum Gasteiger partial charge on any atom is 0.191 e. The predicted molar refractivity (Wildman–Crippen MR) is 97.0 cm³/mol. The summed E-state index contributed by atoms with van der Waals surface area (Å²) in [6, 6.07) is 4.02. The number of guanidine groups is 1. The zero-order valence-corrected chi connectivity index (χ0v) is 14.7. The van der Waals surface area contributed by atoms with E-state index in [-0.39, 0.29) is 24.0 Å². The Labute approximate surface area is 138 Å². The van der Waals surface area contributed by atoms with Gasteiger partial charge in [0.1, 0.15) is 5.82 Å². The number of aromatic nitrogens is 1. The zero-order chi connectivity index (χ0) is 14.1. The van der Waals surface area contributed by atoms with Crippen molar-refractivity contribution in [3.63, 3.8) is 0 Å². The van der Waals surface area contributed by atoms with Gasteiger partial charge in [0.25, 0.3) is 0 Å². The van der Waals surface area contributed by atoms with E-state index < -0.39 is 0 Å². The molecule has 0 atom stereocenters. The van der Waals surface area contributed by atoms with Gasteiger partial charge in [0.05, 0.1) is 6.54 Å². The van der Waals surface area contributed by atoms with Crippen LogP contribution in [0.3, 0.4) is 0 Å². The van der Waals surface area contributed by atoms with E-state index >= 15 is 0 Å². The Hall–Kier alpha value is -1.31. The molecule has 1 rings (SSSR count). The van der Waals surface area contributed by atoms with E-state index in [1.54, 1.807) is 0 Å². The van der Waals surface area contributed by atoms with Gasteiger partial charge in [-0.1, -0.05) is 6.08 Å². The van der Waals surface area contributed by atoms with E-state index in [1.807, 2.05) is 50.3 Å². The summed E-state index contributed by atoms with van der Waals surface area (Å²) in [6.45, 7) is 7.88. The number of hydrogen-bond acceptors (Lipinski definition) is 3. The van der Waals surface area contributed by atoms with Gasteiger partial charge in [-0.3, -0.25) is 0 Å². The van der Waals surface area contributed by atoms with Gasteiger partial charge in [0, 0.05) is 33.4 Å². The monoisotopic (exact) mass is 389 g/mol. The summed E-state index contributed by atoms with van der Waals surface area (Å²) >= 11 is 0. The van der Waals surface area contributed by atoms with Crippen LogP contribution in [0.1, 0.15) is 12.5 Å². The lowest BCUT2D eigenvalue weighted by molar-refractivity contribution is 0.859.